The Morgan fingerprint density at radius 2 is 2.43 bits per heavy atom. The molecule has 0 fully saturated rings. The van der Waals surface area contributed by atoms with Crippen LogP contribution in [-0.2, 0) is 10.0 Å². The standard InChI is InChI=1S/C8H11NO2S3/c1-2-3-12-7-5-13-6-4-9-14(10,11)8(6)7/h4-5,8-9H,2-3H2,1H3. The van der Waals surface area contributed by atoms with E-state index in [1.165, 1.54) is 11.8 Å². The highest BCUT2D eigenvalue weighted by molar-refractivity contribution is 8.11. The molecule has 2 aliphatic rings. The lowest BCUT2D eigenvalue weighted by Crippen LogP contribution is -2.24. The highest BCUT2D eigenvalue weighted by Crippen LogP contribution is 2.45. The molecule has 0 aromatic carbocycles. The van der Waals surface area contributed by atoms with Crippen LogP contribution in [0, 0.1) is 0 Å². The van der Waals surface area contributed by atoms with Crippen LogP contribution in [0.25, 0.3) is 0 Å². The first-order chi connectivity index (χ1) is 6.65. The minimum Gasteiger partial charge on any atom is -0.289 e. The summed E-state index contributed by atoms with van der Waals surface area (Å²) in [5.74, 6) is 0.978. The van der Waals surface area contributed by atoms with Crippen molar-refractivity contribution in [2.45, 2.75) is 18.6 Å². The molecule has 0 aliphatic carbocycles. The van der Waals surface area contributed by atoms with E-state index in [0.29, 0.717) is 0 Å². The van der Waals surface area contributed by atoms with E-state index in [1.54, 1.807) is 18.0 Å². The molecule has 0 radical (unpaired) electrons. The van der Waals surface area contributed by atoms with Gasteiger partial charge in [0.1, 0.15) is 5.25 Å². The topological polar surface area (TPSA) is 46.2 Å². The summed E-state index contributed by atoms with van der Waals surface area (Å²) in [7, 11) is -3.16. The first-order valence-electron chi connectivity index (χ1n) is 4.36. The minimum absolute atomic E-state index is 0.413. The van der Waals surface area contributed by atoms with Gasteiger partial charge in [-0.15, -0.1) is 11.8 Å². The predicted octanol–water partition coefficient (Wildman–Crippen LogP) is 1.86. The number of hydrogen-bond donors (Lipinski definition) is 1. The monoisotopic (exact) mass is 249 g/mol. The maximum absolute atomic E-state index is 11.6. The Morgan fingerprint density at radius 3 is 3.14 bits per heavy atom. The molecule has 1 N–H and O–H groups in total. The molecular formula is C8H11NO2S3. The van der Waals surface area contributed by atoms with E-state index in [4.69, 9.17) is 0 Å². The summed E-state index contributed by atoms with van der Waals surface area (Å²) >= 11 is 3.15. The zero-order valence-electron chi connectivity index (χ0n) is 7.69. The van der Waals surface area contributed by atoms with Crippen molar-refractivity contribution < 1.29 is 8.42 Å². The van der Waals surface area contributed by atoms with Crippen LogP contribution in [0.3, 0.4) is 0 Å². The second-order valence-corrected chi connectivity index (χ2v) is 6.98. The van der Waals surface area contributed by atoms with Gasteiger partial charge in [0.05, 0.1) is 0 Å². The van der Waals surface area contributed by atoms with E-state index in [0.717, 1.165) is 22.0 Å². The molecule has 2 aliphatic heterocycles. The lowest BCUT2D eigenvalue weighted by atomic mass is 10.4. The summed E-state index contributed by atoms with van der Waals surface area (Å²) in [6, 6.07) is 0. The van der Waals surface area contributed by atoms with Gasteiger partial charge in [0, 0.05) is 16.0 Å². The van der Waals surface area contributed by atoms with E-state index in [-0.39, 0.29) is 0 Å². The average Bonchev–Trinajstić information content (AvgIpc) is 2.66. The van der Waals surface area contributed by atoms with Crippen LogP contribution in [0.4, 0.5) is 0 Å². The van der Waals surface area contributed by atoms with Crippen LogP contribution in [0.2, 0.25) is 0 Å². The van der Waals surface area contributed by atoms with Gasteiger partial charge in [-0.1, -0.05) is 18.7 Å². The number of fused-ring (bicyclic) bond motifs is 1. The van der Waals surface area contributed by atoms with Crippen LogP contribution in [0.5, 0.6) is 0 Å². The third kappa shape index (κ3) is 1.70. The molecule has 0 aromatic heterocycles. The number of sulfonamides is 1. The normalized spacial score (nSPS) is 27.9. The van der Waals surface area contributed by atoms with E-state index in [1.807, 2.05) is 5.41 Å². The Balaban J connectivity index is 2.18. The van der Waals surface area contributed by atoms with Crippen molar-refractivity contribution in [1.29, 1.82) is 0 Å². The largest absolute Gasteiger partial charge is 0.289 e. The second-order valence-electron chi connectivity index (χ2n) is 3.08. The maximum atomic E-state index is 11.6. The lowest BCUT2D eigenvalue weighted by molar-refractivity contribution is 0.591. The number of hydrogen-bond acceptors (Lipinski definition) is 4. The number of thioether (sulfide) groups is 2. The molecule has 3 nitrogen and oxygen atoms in total. The minimum atomic E-state index is -3.16. The van der Waals surface area contributed by atoms with Gasteiger partial charge in [-0.25, -0.2) is 8.42 Å². The Hall–Kier alpha value is -0.0700. The molecule has 0 aromatic rings. The van der Waals surface area contributed by atoms with Gasteiger partial charge in [0.2, 0.25) is 10.0 Å². The van der Waals surface area contributed by atoms with E-state index in [2.05, 4.69) is 11.6 Å². The van der Waals surface area contributed by atoms with Crippen molar-refractivity contribution in [3.8, 4) is 0 Å². The van der Waals surface area contributed by atoms with E-state index < -0.39 is 15.3 Å². The third-order valence-corrected chi connectivity index (χ3v) is 6.30. The SMILES string of the molecule is CCCSC1=CSC2=CNS(=O)(=O)C21. The smallest absolute Gasteiger partial charge is 0.244 e. The molecule has 1 atom stereocenters. The first kappa shape index (κ1) is 10.4. The molecule has 0 amide bonds. The molecular weight excluding hydrogens is 238 g/mol. The number of nitrogens with one attached hydrogen (secondary N) is 1. The molecule has 0 saturated heterocycles. The fourth-order valence-electron chi connectivity index (χ4n) is 1.34. The molecule has 78 valence electrons. The predicted molar refractivity (Wildman–Crippen MR) is 62.3 cm³/mol. The summed E-state index contributed by atoms with van der Waals surface area (Å²) in [4.78, 5) is 1.87. The summed E-state index contributed by atoms with van der Waals surface area (Å²) in [5, 5.41) is 1.54. The number of rotatable bonds is 3. The lowest BCUT2D eigenvalue weighted by Gasteiger charge is -2.09. The fourth-order valence-corrected chi connectivity index (χ4v) is 5.79. The summed E-state index contributed by atoms with van der Waals surface area (Å²) in [6.07, 6.45) is 2.66. The van der Waals surface area contributed by atoms with Crippen molar-refractivity contribution >= 4 is 33.5 Å². The molecule has 14 heavy (non-hydrogen) atoms. The Kier molecular flexibility index (Phi) is 2.86. The Bertz CT molecular complexity index is 397. The highest BCUT2D eigenvalue weighted by Gasteiger charge is 2.40. The Labute approximate surface area is 92.5 Å². The molecule has 2 heterocycles. The van der Waals surface area contributed by atoms with Gasteiger partial charge in [0.25, 0.3) is 0 Å². The van der Waals surface area contributed by atoms with Crippen molar-refractivity contribution in [3.63, 3.8) is 0 Å². The van der Waals surface area contributed by atoms with Gasteiger partial charge < -0.3 is 0 Å². The summed E-state index contributed by atoms with van der Waals surface area (Å²) < 4.78 is 25.6. The molecule has 0 spiro atoms. The van der Waals surface area contributed by atoms with Gasteiger partial charge in [0.15, 0.2) is 0 Å². The van der Waals surface area contributed by atoms with Crippen molar-refractivity contribution in [2.75, 3.05) is 5.75 Å². The molecule has 1 unspecified atom stereocenters. The van der Waals surface area contributed by atoms with Crippen LogP contribution in [0.15, 0.2) is 21.4 Å². The maximum Gasteiger partial charge on any atom is 0.244 e. The van der Waals surface area contributed by atoms with Crippen LogP contribution < -0.4 is 4.72 Å². The van der Waals surface area contributed by atoms with Gasteiger partial charge in [-0.2, -0.15) is 0 Å². The van der Waals surface area contributed by atoms with Crippen LogP contribution >= 0.6 is 23.5 Å². The van der Waals surface area contributed by atoms with E-state index >= 15 is 0 Å². The molecule has 0 saturated carbocycles. The molecule has 0 bridgehead atoms. The summed E-state index contributed by atoms with van der Waals surface area (Å²) in [6.45, 7) is 2.09. The van der Waals surface area contributed by atoms with E-state index in [9.17, 15) is 8.42 Å². The highest BCUT2D eigenvalue weighted by atomic mass is 32.2. The van der Waals surface area contributed by atoms with Gasteiger partial charge in [-0.05, 0) is 17.6 Å². The summed E-state index contributed by atoms with van der Waals surface area (Å²) in [5.41, 5.74) is 0. The quantitative estimate of drug-likeness (QED) is 0.829. The van der Waals surface area contributed by atoms with Crippen molar-refractivity contribution in [3.05, 3.63) is 21.4 Å². The van der Waals surface area contributed by atoms with Crippen LogP contribution in [-0.4, -0.2) is 19.4 Å². The zero-order chi connectivity index (χ0) is 10.2. The fraction of sp³-hybridized carbons (Fsp3) is 0.500. The second kappa shape index (κ2) is 3.83. The average molecular weight is 249 g/mol. The van der Waals surface area contributed by atoms with Gasteiger partial charge in [-0.3, -0.25) is 4.72 Å². The zero-order valence-corrected chi connectivity index (χ0v) is 10.1. The third-order valence-electron chi connectivity index (χ3n) is 1.98. The molecule has 2 rings (SSSR count). The van der Waals surface area contributed by atoms with Gasteiger partial charge >= 0.3 is 0 Å². The van der Waals surface area contributed by atoms with Crippen molar-refractivity contribution in [2.24, 2.45) is 0 Å². The Morgan fingerprint density at radius 1 is 1.64 bits per heavy atom. The van der Waals surface area contributed by atoms with Crippen LogP contribution in [0.1, 0.15) is 13.3 Å². The first-order valence-corrected chi connectivity index (χ1v) is 7.77. The molecule has 6 heteroatoms. The van der Waals surface area contributed by atoms with Crippen molar-refractivity contribution in [1.82, 2.24) is 4.72 Å².